The van der Waals surface area contributed by atoms with E-state index in [1.54, 1.807) is 6.07 Å². The molecule has 0 aliphatic rings. The number of carbonyl (C=O) groups excluding carboxylic acids is 1. The predicted octanol–water partition coefficient (Wildman–Crippen LogP) is 5.12. The highest BCUT2D eigenvalue weighted by atomic mass is 32.1. The molecule has 140 valence electrons. The third-order valence-corrected chi connectivity index (χ3v) is 4.74. The number of rotatable bonds is 6. The van der Waals surface area contributed by atoms with Crippen LogP contribution >= 0.6 is 11.3 Å². The first-order valence-corrected chi connectivity index (χ1v) is 9.63. The molecule has 28 heavy (non-hydrogen) atoms. The zero-order valence-electron chi connectivity index (χ0n) is 15.1. The molecule has 2 aromatic heterocycles. The van der Waals surface area contributed by atoms with Crippen molar-refractivity contribution in [3.63, 3.8) is 0 Å². The van der Waals surface area contributed by atoms with E-state index in [0.717, 1.165) is 22.6 Å². The molecule has 2 heterocycles. The zero-order valence-corrected chi connectivity index (χ0v) is 15.9. The van der Waals surface area contributed by atoms with Crippen LogP contribution in [0.15, 0.2) is 70.6 Å². The number of nitrogens with zero attached hydrogens (tertiary/aromatic N) is 2. The fraction of sp³-hybridized carbons (Fsp3) is 0.0952. The lowest BCUT2D eigenvalue weighted by Gasteiger charge is -2.03. The minimum Gasteiger partial charge on any atom is -0.494 e. The average Bonchev–Trinajstić information content (AvgIpc) is 3.39. The number of ether oxygens (including phenoxy) is 1. The summed E-state index contributed by atoms with van der Waals surface area (Å²) >= 11 is 1.35. The minimum atomic E-state index is -0.362. The van der Waals surface area contributed by atoms with Crippen molar-refractivity contribution in [2.45, 2.75) is 6.92 Å². The van der Waals surface area contributed by atoms with Crippen molar-refractivity contribution in [3.05, 3.63) is 71.7 Å². The Labute approximate surface area is 165 Å². The lowest BCUT2D eigenvalue weighted by molar-refractivity contribution is 0.101. The number of nitrogens with one attached hydrogen (secondary N) is 1. The highest BCUT2D eigenvalue weighted by molar-refractivity contribution is 7.14. The van der Waals surface area contributed by atoms with Gasteiger partial charge in [-0.2, -0.15) is 0 Å². The van der Waals surface area contributed by atoms with Gasteiger partial charge in [-0.1, -0.05) is 35.5 Å². The van der Waals surface area contributed by atoms with Gasteiger partial charge in [0.25, 0.3) is 5.91 Å². The third kappa shape index (κ3) is 3.94. The van der Waals surface area contributed by atoms with Crippen LogP contribution in [0.25, 0.3) is 22.6 Å². The first kappa shape index (κ1) is 17.9. The maximum absolute atomic E-state index is 12.4. The van der Waals surface area contributed by atoms with Crippen molar-refractivity contribution in [3.8, 4) is 28.3 Å². The normalized spacial score (nSPS) is 10.6. The second-order valence-electron chi connectivity index (χ2n) is 5.89. The Morgan fingerprint density at radius 2 is 1.89 bits per heavy atom. The van der Waals surface area contributed by atoms with E-state index in [0.29, 0.717) is 17.5 Å². The number of aromatic nitrogens is 2. The van der Waals surface area contributed by atoms with Gasteiger partial charge in [-0.05, 0) is 31.2 Å². The molecular weight excluding hydrogens is 374 g/mol. The number of benzene rings is 2. The topological polar surface area (TPSA) is 77.2 Å². The zero-order chi connectivity index (χ0) is 19.3. The second-order valence-corrected chi connectivity index (χ2v) is 6.75. The standard InChI is InChI=1S/C21H17N3O3S/c1-2-26-16-10-8-14(9-11-16)18-13-28-21(22-18)23-20(25)17-12-19(27-24-17)15-6-4-3-5-7-15/h3-13H,2H2,1H3,(H,22,23,25). The van der Waals surface area contributed by atoms with Gasteiger partial charge >= 0.3 is 0 Å². The summed E-state index contributed by atoms with van der Waals surface area (Å²) in [5, 5.41) is 9.01. The van der Waals surface area contributed by atoms with E-state index in [2.05, 4.69) is 15.5 Å². The molecule has 4 aromatic rings. The van der Waals surface area contributed by atoms with Crippen LogP contribution in [0.4, 0.5) is 5.13 Å². The Balaban J connectivity index is 1.45. The van der Waals surface area contributed by atoms with Crippen LogP contribution < -0.4 is 10.1 Å². The summed E-state index contributed by atoms with van der Waals surface area (Å²) in [6, 6.07) is 18.8. The number of carbonyl (C=O) groups is 1. The summed E-state index contributed by atoms with van der Waals surface area (Å²) in [4.78, 5) is 16.9. The molecule has 2 aromatic carbocycles. The summed E-state index contributed by atoms with van der Waals surface area (Å²) < 4.78 is 10.7. The largest absolute Gasteiger partial charge is 0.494 e. The van der Waals surface area contributed by atoms with Crippen LogP contribution in [-0.2, 0) is 0 Å². The maximum atomic E-state index is 12.4. The molecule has 0 atom stereocenters. The maximum Gasteiger partial charge on any atom is 0.279 e. The van der Waals surface area contributed by atoms with Gasteiger partial charge in [0.1, 0.15) is 5.75 Å². The number of thiazole rings is 1. The highest BCUT2D eigenvalue weighted by Gasteiger charge is 2.15. The Morgan fingerprint density at radius 1 is 1.11 bits per heavy atom. The average molecular weight is 391 g/mol. The van der Waals surface area contributed by atoms with Gasteiger partial charge in [0, 0.05) is 22.6 Å². The molecule has 0 aliphatic carbocycles. The van der Waals surface area contributed by atoms with Crippen molar-refractivity contribution < 1.29 is 14.1 Å². The number of amides is 1. The van der Waals surface area contributed by atoms with Crippen molar-refractivity contribution in [2.75, 3.05) is 11.9 Å². The molecule has 1 N–H and O–H groups in total. The van der Waals surface area contributed by atoms with E-state index in [1.165, 1.54) is 11.3 Å². The lowest BCUT2D eigenvalue weighted by atomic mass is 10.1. The number of hydrogen-bond donors (Lipinski definition) is 1. The van der Waals surface area contributed by atoms with E-state index in [-0.39, 0.29) is 11.6 Å². The third-order valence-electron chi connectivity index (χ3n) is 3.99. The van der Waals surface area contributed by atoms with Crippen LogP contribution in [0.3, 0.4) is 0 Å². The predicted molar refractivity (Wildman–Crippen MR) is 109 cm³/mol. The van der Waals surface area contributed by atoms with Gasteiger partial charge in [-0.15, -0.1) is 11.3 Å². The van der Waals surface area contributed by atoms with Crippen LogP contribution in [0.2, 0.25) is 0 Å². The van der Waals surface area contributed by atoms with Gasteiger partial charge in [0.2, 0.25) is 0 Å². The van der Waals surface area contributed by atoms with Crippen LogP contribution in [-0.4, -0.2) is 22.7 Å². The molecule has 0 aliphatic heterocycles. The molecule has 0 saturated carbocycles. The van der Waals surface area contributed by atoms with Gasteiger partial charge in [-0.3, -0.25) is 10.1 Å². The second kappa shape index (κ2) is 8.06. The van der Waals surface area contributed by atoms with Crippen LogP contribution in [0.5, 0.6) is 5.75 Å². The molecule has 4 rings (SSSR count). The Hall–Kier alpha value is -3.45. The Morgan fingerprint density at radius 3 is 2.64 bits per heavy atom. The molecule has 0 unspecified atom stereocenters. The molecule has 0 bridgehead atoms. The minimum absolute atomic E-state index is 0.205. The van der Waals surface area contributed by atoms with Gasteiger partial charge in [0.15, 0.2) is 16.6 Å². The molecule has 6 nitrogen and oxygen atoms in total. The lowest BCUT2D eigenvalue weighted by Crippen LogP contribution is -2.11. The highest BCUT2D eigenvalue weighted by Crippen LogP contribution is 2.27. The van der Waals surface area contributed by atoms with Crippen molar-refractivity contribution in [1.82, 2.24) is 10.1 Å². The Kier molecular flexibility index (Phi) is 5.16. The van der Waals surface area contributed by atoms with Gasteiger partial charge in [-0.25, -0.2) is 4.98 Å². The molecule has 0 fully saturated rings. The number of anilines is 1. The van der Waals surface area contributed by atoms with Gasteiger partial charge in [0.05, 0.1) is 12.3 Å². The van der Waals surface area contributed by atoms with E-state index < -0.39 is 0 Å². The fourth-order valence-electron chi connectivity index (χ4n) is 2.63. The van der Waals surface area contributed by atoms with E-state index in [9.17, 15) is 4.79 Å². The SMILES string of the molecule is CCOc1ccc(-c2csc(NC(=O)c3cc(-c4ccccc4)on3)n2)cc1. The Bertz CT molecular complexity index is 1070. The summed E-state index contributed by atoms with van der Waals surface area (Å²) in [6.07, 6.45) is 0. The molecule has 0 saturated heterocycles. The smallest absolute Gasteiger partial charge is 0.279 e. The van der Waals surface area contributed by atoms with E-state index in [1.807, 2.05) is 66.9 Å². The summed E-state index contributed by atoms with van der Waals surface area (Å²) in [5.74, 6) is 0.994. The van der Waals surface area contributed by atoms with Crippen LogP contribution in [0.1, 0.15) is 17.4 Å². The summed E-state index contributed by atoms with van der Waals surface area (Å²) in [5.41, 5.74) is 2.80. The van der Waals surface area contributed by atoms with E-state index in [4.69, 9.17) is 9.26 Å². The number of hydrogen-bond acceptors (Lipinski definition) is 6. The molecular formula is C21H17N3O3S. The molecule has 0 spiro atoms. The molecule has 1 amide bonds. The van der Waals surface area contributed by atoms with Crippen molar-refractivity contribution in [1.29, 1.82) is 0 Å². The summed E-state index contributed by atoms with van der Waals surface area (Å²) in [6.45, 7) is 2.57. The fourth-order valence-corrected chi connectivity index (χ4v) is 3.35. The first-order chi connectivity index (χ1) is 13.7. The van der Waals surface area contributed by atoms with Crippen molar-refractivity contribution in [2.24, 2.45) is 0 Å². The first-order valence-electron chi connectivity index (χ1n) is 8.75. The molecule has 0 radical (unpaired) electrons. The monoisotopic (exact) mass is 391 g/mol. The summed E-state index contributed by atoms with van der Waals surface area (Å²) in [7, 11) is 0. The van der Waals surface area contributed by atoms with Crippen molar-refractivity contribution >= 4 is 22.4 Å². The molecule has 7 heteroatoms. The van der Waals surface area contributed by atoms with E-state index >= 15 is 0 Å². The van der Waals surface area contributed by atoms with Gasteiger partial charge < -0.3 is 9.26 Å². The van der Waals surface area contributed by atoms with Crippen LogP contribution in [0, 0.1) is 0 Å². The quantitative estimate of drug-likeness (QED) is 0.494.